The molecule has 0 aliphatic heterocycles. The largest absolute Gasteiger partial charge is 0.304 e. The van der Waals surface area contributed by atoms with Crippen LogP contribution in [0.2, 0.25) is 0 Å². The second kappa shape index (κ2) is 4.83. The quantitative estimate of drug-likeness (QED) is 0.942. The molecule has 2 aromatic heterocycles. The minimum Gasteiger partial charge on any atom is -0.304 e. The van der Waals surface area contributed by atoms with Gasteiger partial charge in [-0.3, -0.25) is 9.48 Å². The minimum absolute atomic E-state index is 0.157. The Kier molecular flexibility index (Phi) is 3.42. The Morgan fingerprint density at radius 1 is 1.47 bits per heavy atom. The first-order chi connectivity index (χ1) is 8.17. The first kappa shape index (κ1) is 12.0. The Morgan fingerprint density at radius 3 is 2.88 bits per heavy atom. The monoisotopic (exact) mass is 296 g/mol. The first-order valence-corrected chi connectivity index (χ1v) is 6.27. The Hall–Kier alpha value is -1.43. The molecule has 0 aromatic carbocycles. The zero-order valence-corrected chi connectivity index (χ0v) is 11.3. The van der Waals surface area contributed by atoms with Crippen molar-refractivity contribution in [3.05, 3.63) is 32.8 Å². The summed E-state index contributed by atoms with van der Waals surface area (Å²) < 4.78 is 2.30. The summed E-state index contributed by atoms with van der Waals surface area (Å²) in [4.78, 5) is 18.9. The molecule has 2 heterocycles. The third-order valence-corrected chi connectivity index (χ3v) is 3.34. The lowest BCUT2D eigenvalue weighted by Gasteiger charge is -2.06. The van der Waals surface area contributed by atoms with E-state index >= 15 is 0 Å². The van der Waals surface area contributed by atoms with E-state index in [-0.39, 0.29) is 5.56 Å². The summed E-state index contributed by atoms with van der Waals surface area (Å²) in [7, 11) is 0. The fraction of sp³-hybridized carbons (Fsp3) is 0.364. The number of rotatable bonds is 3. The summed E-state index contributed by atoms with van der Waals surface area (Å²) in [6.45, 7) is 4.70. The van der Waals surface area contributed by atoms with Crippen molar-refractivity contribution in [3.8, 4) is 11.5 Å². The maximum atomic E-state index is 11.7. The molecule has 90 valence electrons. The molecule has 0 bridgehead atoms. The molecule has 17 heavy (non-hydrogen) atoms. The van der Waals surface area contributed by atoms with E-state index in [1.807, 2.05) is 19.9 Å². The highest BCUT2D eigenvalue weighted by atomic mass is 79.9. The number of aryl methyl sites for hydroxylation is 2. The van der Waals surface area contributed by atoms with Crippen molar-refractivity contribution >= 4 is 15.9 Å². The molecule has 0 aliphatic carbocycles. The smallest absolute Gasteiger partial charge is 0.265 e. The molecule has 2 aromatic rings. The van der Waals surface area contributed by atoms with Crippen LogP contribution in [-0.2, 0) is 13.0 Å². The van der Waals surface area contributed by atoms with E-state index < -0.39 is 0 Å². The molecule has 0 aliphatic rings. The van der Waals surface area contributed by atoms with Gasteiger partial charge in [-0.05, 0) is 35.3 Å². The topological polar surface area (TPSA) is 63.6 Å². The molecule has 0 unspecified atom stereocenters. The Labute approximate surface area is 107 Å². The maximum absolute atomic E-state index is 11.7. The van der Waals surface area contributed by atoms with Gasteiger partial charge >= 0.3 is 0 Å². The molecule has 0 radical (unpaired) electrons. The van der Waals surface area contributed by atoms with E-state index in [1.54, 1.807) is 10.9 Å². The molecule has 0 saturated carbocycles. The van der Waals surface area contributed by atoms with E-state index in [2.05, 4.69) is 31.0 Å². The lowest BCUT2D eigenvalue weighted by molar-refractivity contribution is 0.663. The fourth-order valence-corrected chi connectivity index (χ4v) is 2.11. The van der Waals surface area contributed by atoms with Crippen LogP contribution in [0.4, 0.5) is 0 Å². The normalized spacial score (nSPS) is 10.8. The van der Waals surface area contributed by atoms with Crippen LogP contribution < -0.4 is 5.56 Å². The van der Waals surface area contributed by atoms with Gasteiger partial charge in [-0.1, -0.05) is 6.92 Å². The van der Waals surface area contributed by atoms with Crippen LogP contribution in [0.1, 0.15) is 19.5 Å². The molecule has 0 saturated heterocycles. The van der Waals surface area contributed by atoms with Crippen LogP contribution in [0, 0.1) is 0 Å². The zero-order valence-electron chi connectivity index (χ0n) is 9.70. The Bertz CT molecular complexity index is 587. The number of H-pyrrole nitrogens is 1. The van der Waals surface area contributed by atoms with Gasteiger partial charge in [0, 0.05) is 12.7 Å². The lowest BCUT2D eigenvalue weighted by Crippen LogP contribution is -2.14. The van der Waals surface area contributed by atoms with Crippen LogP contribution in [0.3, 0.4) is 0 Å². The van der Waals surface area contributed by atoms with E-state index in [0.717, 1.165) is 17.9 Å². The second-order valence-corrected chi connectivity index (χ2v) is 4.35. The number of hydrogen-bond acceptors (Lipinski definition) is 3. The zero-order chi connectivity index (χ0) is 12.4. The number of aromatic nitrogens is 4. The van der Waals surface area contributed by atoms with Crippen molar-refractivity contribution in [1.82, 2.24) is 19.7 Å². The number of halogens is 1. The molecule has 0 atom stereocenters. The van der Waals surface area contributed by atoms with E-state index in [4.69, 9.17) is 0 Å². The lowest BCUT2D eigenvalue weighted by atomic mass is 10.3. The number of hydrogen-bond donors (Lipinski definition) is 1. The number of aromatic amines is 1. The van der Waals surface area contributed by atoms with E-state index in [0.29, 0.717) is 16.7 Å². The summed E-state index contributed by atoms with van der Waals surface area (Å²) in [6, 6.07) is 1.84. The third kappa shape index (κ3) is 2.17. The van der Waals surface area contributed by atoms with Crippen LogP contribution in [0.15, 0.2) is 21.5 Å². The van der Waals surface area contributed by atoms with E-state index in [1.165, 1.54) is 0 Å². The Morgan fingerprint density at radius 2 is 2.24 bits per heavy atom. The third-order valence-electron chi connectivity index (χ3n) is 2.52. The van der Waals surface area contributed by atoms with Crippen LogP contribution in [0.5, 0.6) is 0 Å². The van der Waals surface area contributed by atoms with Crippen LogP contribution in [0.25, 0.3) is 11.5 Å². The summed E-state index contributed by atoms with van der Waals surface area (Å²) in [5, 5.41) is 4.16. The molecule has 5 nitrogen and oxygen atoms in total. The number of nitrogens with one attached hydrogen (secondary N) is 1. The van der Waals surface area contributed by atoms with Gasteiger partial charge < -0.3 is 4.98 Å². The predicted molar refractivity (Wildman–Crippen MR) is 68.8 cm³/mol. The van der Waals surface area contributed by atoms with Gasteiger partial charge in [-0.25, -0.2) is 4.98 Å². The van der Waals surface area contributed by atoms with Gasteiger partial charge in [0.1, 0.15) is 10.2 Å². The van der Waals surface area contributed by atoms with Gasteiger partial charge in [-0.2, -0.15) is 5.10 Å². The van der Waals surface area contributed by atoms with Crippen molar-refractivity contribution in [2.45, 2.75) is 26.8 Å². The Balaban J connectivity index is 2.61. The van der Waals surface area contributed by atoms with Crippen LogP contribution >= 0.6 is 15.9 Å². The van der Waals surface area contributed by atoms with Crippen molar-refractivity contribution in [3.63, 3.8) is 0 Å². The average molecular weight is 297 g/mol. The first-order valence-electron chi connectivity index (χ1n) is 5.48. The fourth-order valence-electron chi connectivity index (χ4n) is 1.65. The highest BCUT2D eigenvalue weighted by molar-refractivity contribution is 9.10. The highest BCUT2D eigenvalue weighted by Gasteiger charge is 2.11. The van der Waals surface area contributed by atoms with Gasteiger partial charge in [0.2, 0.25) is 0 Å². The van der Waals surface area contributed by atoms with Crippen molar-refractivity contribution in [2.24, 2.45) is 0 Å². The predicted octanol–water partition coefficient (Wildman–Crippen LogP) is 1.98. The van der Waals surface area contributed by atoms with Gasteiger partial charge in [0.05, 0.1) is 5.69 Å². The van der Waals surface area contributed by atoms with Crippen molar-refractivity contribution < 1.29 is 0 Å². The summed E-state index contributed by atoms with van der Waals surface area (Å²) in [5.41, 5.74) is 1.43. The van der Waals surface area contributed by atoms with Crippen molar-refractivity contribution in [2.75, 3.05) is 0 Å². The highest BCUT2D eigenvalue weighted by Crippen LogP contribution is 2.16. The van der Waals surface area contributed by atoms with Gasteiger partial charge in [0.25, 0.3) is 5.56 Å². The summed E-state index contributed by atoms with van der Waals surface area (Å²) in [6.07, 6.45) is 2.41. The van der Waals surface area contributed by atoms with Gasteiger partial charge in [0.15, 0.2) is 5.82 Å². The second-order valence-electron chi connectivity index (χ2n) is 3.56. The van der Waals surface area contributed by atoms with E-state index in [9.17, 15) is 4.79 Å². The van der Waals surface area contributed by atoms with Gasteiger partial charge in [-0.15, -0.1) is 0 Å². The maximum Gasteiger partial charge on any atom is 0.265 e. The molecule has 2 rings (SSSR count). The van der Waals surface area contributed by atoms with Crippen LogP contribution in [-0.4, -0.2) is 19.7 Å². The summed E-state index contributed by atoms with van der Waals surface area (Å²) in [5.74, 6) is 0.564. The standard InChI is InChI=1S/C11H13BrN4O/c1-3-7-9(12)11(17)15-10(14-7)8-5-6-13-16(8)4-2/h5-6H,3-4H2,1-2H3,(H,14,15,17). The summed E-state index contributed by atoms with van der Waals surface area (Å²) >= 11 is 3.24. The SMILES string of the molecule is CCc1nc(-c2ccnn2CC)[nH]c(=O)c1Br. The van der Waals surface area contributed by atoms with Crippen molar-refractivity contribution in [1.29, 1.82) is 0 Å². The minimum atomic E-state index is -0.157. The average Bonchev–Trinajstić information content (AvgIpc) is 2.80. The molecule has 0 amide bonds. The molecule has 0 spiro atoms. The molecule has 0 fully saturated rings. The number of nitrogens with zero attached hydrogens (tertiary/aromatic N) is 3. The molecular weight excluding hydrogens is 284 g/mol. The molecular formula is C11H13BrN4O. The molecule has 1 N–H and O–H groups in total. The molecule has 6 heteroatoms.